The van der Waals surface area contributed by atoms with Gasteiger partial charge in [-0.05, 0) is 37.0 Å². The Balaban J connectivity index is 1.86. The van der Waals surface area contributed by atoms with Gasteiger partial charge in [-0.2, -0.15) is 0 Å². The average molecular weight is 640 g/mol. The molecule has 0 aliphatic carbocycles. The van der Waals surface area contributed by atoms with Gasteiger partial charge in [0.15, 0.2) is 19.9 Å². The zero-order valence-corrected chi connectivity index (χ0v) is 30.6. The Labute approximate surface area is 257 Å². The molecule has 2 atom stereocenters. The minimum atomic E-state index is -2.06. The SMILES string of the molecule is CC[Si](CC)(CC)OC(C)(C)[C@@H]1CSC(=S)N1C(=O)C[C@@H](OC)c1coc(-c2nc(C)oc2[Si](C)(C)C(C)(C)C)n1. The van der Waals surface area contributed by atoms with Crippen molar-refractivity contribution >= 4 is 56.0 Å². The lowest BCUT2D eigenvalue weighted by molar-refractivity contribution is -0.134. The second kappa shape index (κ2) is 12.7. The normalized spacial score (nSPS) is 17.9. The van der Waals surface area contributed by atoms with E-state index in [2.05, 4.69) is 73.5 Å². The topological polar surface area (TPSA) is 90.8 Å². The Kier molecular flexibility index (Phi) is 10.6. The lowest BCUT2D eigenvalue weighted by Gasteiger charge is -2.44. The predicted molar refractivity (Wildman–Crippen MR) is 176 cm³/mol. The van der Waals surface area contributed by atoms with Gasteiger partial charge in [-0.25, -0.2) is 9.97 Å². The first-order chi connectivity index (χ1) is 19.0. The summed E-state index contributed by atoms with van der Waals surface area (Å²) in [6.45, 7) is 23.9. The van der Waals surface area contributed by atoms with E-state index in [1.165, 1.54) is 11.8 Å². The molecule has 2 aromatic heterocycles. The summed E-state index contributed by atoms with van der Waals surface area (Å²) in [5.41, 5.74) is 0.649. The van der Waals surface area contributed by atoms with Crippen molar-refractivity contribution in [1.82, 2.24) is 14.9 Å². The van der Waals surface area contributed by atoms with Crippen molar-refractivity contribution in [3.63, 3.8) is 0 Å². The lowest BCUT2D eigenvalue weighted by Crippen LogP contribution is -2.57. The van der Waals surface area contributed by atoms with Crippen LogP contribution < -0.4 is 5.38 Å². The molecule has 41 heavy (non-hydrogen) atoms. The van der Waals surface area contributed by atoms with E-state index in [1.807, 2.05) is 6.92 Å². The fourth-order valence-corrected chi connectivity index (χ4v) is 11.9. The van der Waals surface area contributed by atoms with Crippen molar-refractivity contribution in [3.05, 3.63) is 17.8 Å². The van der Waals surface area contributed by atoms with Crippen LogP contribution in [0.1, 0.15) is 79.5 Å². The number of thiocarbonyl (C=S) groups is 1. The van der Waals surface area contributed by atoms with Gasteiger partial charge in [-0.1, -0.05) is 78.6 Å². The fraction of sp³-hybridized carbons (Fsp3) is 0.724. The molecule has 1 aliphatic heterocycles. The van der Waals surface area contributed by atoms with Crippen LogP contribution in [-0.2, 0) is 14.0 Å². The van der Waals surface area contributed by atoms with Crippen LogP contribution in [0, 0.1) is 6.92 Å². The van der Waals surface area contributed by atoms with Crippen molar-refractivity contribution < 1.29 is 22.8 Å². The molecule has 0 N–H and O–H groups in total. The maximum absolute atomic E-state index is 13.8. The van der Waals surface area contributed by atoms with Gasteiger partial charge in [-0.3, -0.25) is 9.69 Å². The van der Waals surface area contributed by atoms with Crippen LogP contribution in [0.5, 0.6) is 0 Å². The minimum Gasteiger partial charge on any atom is -0.450 e. The van der Waals surface area contributed by atoms with Gasteiger partial charge in [0.2, 0.25) is 11.8 Å². The van der Waals surface area contributed by atoms with Crippen LogP contribution in [0.4, 0.5) is 0 Å². The molecule has 1 saturated heterocycles. The number of ether oxygens (including phenoxy) is 1. The summed E-state index contributed by atoms with van der Waals surface area (Å²) in [5.74, 6) is 1.57. The molecule has 1 fully saturated rings. The summed E-state index contributed by atoms with van der Waals surface area (Å²) in [4.78, 5) is 25.0. The molecule has 1 aliphatic rings. The molecule has 8 nitrogen and oxygen atoms in total. The van der Waals surface area contributed by atoms with E-state index in [9.17, 15) is 4.79 Å². The molecular weight excluding hydrogens is 591 g/mol. The van der Waals surface area contributed by atoms with Crippen LogP contribution >= 0.6 is 24.0 Å². The number of aromatic nitrogens is 2. The second-order valence-electron chi connectivity index (χ2n) is 13.1. The van der Waals surface area contributed by atoms with Gasteiger partial charge in [0.05, 0.1) is 18.1 Å². The van der Waals surface area contributed by atoms with E-state index in [-0.39, 0.29) is 23.4 Å². The number of carbonyl (C=O) groups excluding carboxylic acids is 1. The van der Waals surface area contributed by atoms with Crippen molar-refractivity contribution in [1.29, 1.82) is 0 Å². The molecule has 0 bridgehead atoms. The first-order valence-electron chi connectivity index (χ1n) is 14.6. The standard InChI is InChI=1S/C29H49N3O5S2Si2/c1-13-41(14-2,15-3)37-29(8,9)22-18-39-27(38)32(22)23(33)16-21(34-10)20-17-35-25(31-20)24-26(36-19(4)30-24)40(11,12)28(5,6)7/h17,21-22H,13-16,18H2,1-12H3/t21-,22+/m1/s1. The predicted octanol–water partition coefficient (Wildman–Crippen LogP) is 7.46. The molecular formula is C29H49N3O5S2Si2. The summed E-state index contributed by atoms with van der Waals surface area (Å²) in [7, 11) is -2.39. The number of methoxy groups -OCH3 is 1. The second-order valence-corrected chi connectivity index (χ2v) is 24.6. The Morgan fingerprint density at radius 1 is 1.17 bits per heavy atom. The van der Waals surface area contributed by atoms with Gasteiger partial charge in [0, 0.05) is 19.8 Å². The molecule has 0 unspecified atom stereocenters. The highest BCUT2D eigenvalue weighted by atomic mass is 32.2. The summed E-state index contributed by atoms with van der Waals surface area (Å²) in [5, 5.41) is 0.898. The smallest absolute Gasteiger partial charge is 0.248 e. The van der Waals surface area contributed by atoms with Crippen molar-refractivity contribution in [2.24, 2.45) is 0 Å². The Morgan fingerprint density at radius 2 is 1.78 bits per heavy atom. The maximum atomic E-state index is 13.8. The number of thioether (sulfide) groups is 1. The highest BCUT2D eigenvalue weighted by Gasteiger charge is 2.48. The summed E-state index contributed by atoms with van der Waals surface area (Å²) in [6.07, 6.45) is 1.04. The first-order valence-corrected chi connectivity index (χ1v) is 21.5. The number of rotatable bonds is 12. The van der Waals surface area contributed by atoms with Gasteiger partial charge >= 0.3 is 0 Å². The van der Waals surface area contributed by atoms with Gasteiger partial charge in [0.1, 0.15) is 35.8 Å². The molecule has 2 aromatic rings. The number of oxazole rings is 2. The van der Waals surface area contributed by atoms with Crippen LogP contribution in [-0.4, -0.2) is 66.0 Å². The highest BCUT2D eigenvalue weighted by Crippen LogP contribution is 2.40. The summed E-state index contributed by atoms with van der Waals surface area (Å²) in [6, 6.07) is 2.98. The molecule has 0 aromatic carbocycles. The van der Waals surface area contributed by atoms with Gasteiger partial charge in [0.25, 0.3) is 0 Å². The van der Waals surface area contributed by atoms with E-state index in [0.717, 1.165) is 23.5 Å². The van der Waals surface area contributed by atoms with Crippen LogP contribution in [0.2, 0.25) is 36.3 Å². The molecule has 12 heteroatoms. The molecule has 0 spiro atoms. The van der Waals surface area contributed by atoms with E-state index < -0.39 is 28.1 Å². The fourth-order valence-electron chi connectivity index (χ4n) is 5.25. The molecule has 0 saturated carbocycles. The van der Waals surface area contributed by atoms with E-state index >= 15 is 0 Å². The molecule has 0 radical (unpaired) electrons. The average Bonchev–Trinajstić information content (AvgIpc) is 3.63. The van der Waals surface area contributed by atoms with Crippen molar-refractivity contribution in [2.75, 3.05) is 12.9 Å². The quantitative estimate of drug-likeness (QED) is 0.173. The van der Waals surface area contributed by atoms with E-state index in [4.69, 9.17) is 35.2 Å². The summed E-state index contributed by atoms with van der Waals surface area (Å²) >= 11 is 7.22. The zero-order chi connectivity index (χ0) is 31.0. The van der Waals surface area contributed by atoms with Crippen molar-refractivity contribution in [2.45, 2.75) is 123 Å². The van der Waals surface area contributed by atoms with E-state index in [0.29, 0.717) is 33.2 Å². The van der Waals surface area contributed by atoms with Gasteiger partial charge in [-0.15, -0.1) is 0 Å². The number of nitrogens with zero attached hydrogens (tertiary/aromatic N) is 3. The highest BCUT2D eigenvalue weighted by molar-refractivity contribution is 8.23. The maximum Gasteiger partial charge on any atom is 0.248 e. The number of hydrogen-bond acceptors (Lipinski definition) is 9. The molecule has 230 valence electrons. The molecule has 1 amide bonds. The minimum absolute atomic E-state index is 0.0400. The zero-order valence-electron chi connectivity index (χ0n) is 27.0. The molecule has 3 rings (SSSR count). The Bertz CT molecular complexity index is 1230. The monoisotopic (exact) mass is 639 g/mol. The third kappa shape index (κ3) is 6.93. The third-order valence-electron chi connectivity index (χ3n) is 9.23. The number of aryl methyl sites for hydroxylation is 1. The Morgan fingerprint density at radius 3 is 2.32 bits per heavy atom. The number of amides is 1. The Hall–Kier alpha value is -1.32. The summed E-state index contributed by atoms with van der Waals surface area (Å²) < 4.78 is 25.4. The lowest BCUT2D eigenvalue weighted by atomic mass is 9.99. The number of carbonyl (C=O) groups is 1. The third-order valence-corrected chi connectivity index (χ3v) is 20.8. The first kappa shape index (κ1) is 34.2. The largest absolute Gasteiger partial charge is 0.450 e. The molecule has 3 heterocycles. The van der Waals surface area contributed by atoms with Crippen molar-refractivity contribution in [3.8, 4) is 11.6 Å². The van der Waals surface area contributed by atoms with Gasteiger partial charge < -0.3 is 18.0 Å². The van der Waals surface area contributed by atoms with E-state index in [1.54, 1.807) is 18.3 Å². The number of hydrogen-bond donors (Lipinski definition) is 0. The van der Waals surface area contributed by atoms with Crippen LogP contribution in [0.15, 0.2) is 15.1 Å². The van der Waals surface area contributed by atoms with Crippen LogP contribution in [0.3, 0.4) is 0 Å². The van der Waals surface area contributed by atoms with Crippen LogP contribution in [0.25, 0.3) is 11.6 Å².